The number of thiophene rings is 1. The normalized spacial score (nSPS) is 17.4. The standard InChI is InChI=1S/C31H39N3O7S2/c1-4-22(2)18-34(43(38,39)26-14-8-12-24(17-26)40-3)20-28(35)27(16-23-10-6-5-7-11-23)32-30(36)29-21-33(31(37)41-29)19-25-13-9-15-42-25/h5-15,17,22,27-29,35H,4,16,18-21H2,1-3H3,(H,32,36)/t22?,27?,28?,29-/m0/s1. The van der Waals surface area contributed by atoms with Gasteiger partial charge in [-0.25, -0.2) is 13.2 Å². The number of ether oxygens (including phenoxy) is 2. The topological polar surface area (TPSA) is 125 Å². The first-order valence-electron chi connectivity index (χ1n) is 14.2. The number of amides is 2. The second-order valence-corrected chi connectivity index (χ2v) is 13.7. The van der Waals surface area contributed by atoms with E-state index in [1.807, 2.05) is 61.7 Å². The van der Waals surface area contributed by atoms with Gasteiger partial charge in [0.05, 0.1) is 37.2 Å². The van der Waals surface area contributed by atoms with E-state index in [1.165, 1.54) is 39.8 Å². The highest BCUT2D eigenvalue weighted by molar-refractivity contribution is 7.89. The highest BCUT2D eigenvalue weighted by Gasteiger charge is 2.38. The number of benzene rings is 2. The third-order valence-corrected chi connectivity index (χ3v) is 10.2. The molecule has 1 fully saturated rings. The summed E-state index contributed by atoms with van der Waals surface area (Å²) in [5.74, 6) is -0.133. The SMILES string of the molecule is CCC(C)CN(CC(O)C(Cc1ccccc1)NC(=O)[C@@H]1CN(Cc2cccs2)C(=O)O1)S(=O)(=O)c1cccc(OC)c1. The van der Waals surface area contributed by atoms with Gasteiger partial charge >= 0.3 is 6.09 Å². The average molecular weight is 630 g/mol. The van der Waals surface area contributed by atoms with Crippen molar-refractivity contribution in [3.8, 4) is 5.75 Å². The van der Waals surface area contributed by atoms with E-state index >= 15 is 0 Å². The number of nitrogens with one attached hydrogen (secondary N) is 1. The lowest BCUT2D eigenvalue weighted by Gasteiger charge is -2.31. The highest BCUT2D eigenvalue weighted by atomic mass is 32.2. The lowest BCUT2D eigenvalue weighted by molar-refractivity contribution is -0.129. The molecule has 2 amide bonds. The summed E-state index contributed by atoms with van der Waals surface area (Å²) in [5.41, 5.74) is 0.846. The third kappa shape index (κ3) is 8.56. The molecule has 2 N–H and O–H groups in total. The van der Waals surface area contributed by atoms with Crippen molar-refractivity contribution >= 4 is 33.4 Å². The van der Waals surface area contributed by atoms with E-state index in [1.54, 1.807) is 12.1 Å². The van der Waals surface area contributed by atoms with Gasteiger partial charge in [-0.2, -0.15) is 4.31 Å². The Kier molecular flexibility index (Phi) is 11.2. The summed E-state index contributed by atoms with van der Waals surface area (Å²) in [7, 11) is -2.55. The summed E-state index contributed by atoms with van der Waals surface area (Å²) < 4.78 is 39.5. The monoisotopic (exact) mass is 629 g/mol. The first-order chi connectivity index (χ1) is 20.6. The fraction of sp³-hybridized carbons (Fsp3) is 0.419. The Hall–Kier alpha value is -3.45. The molecule has 0 radical (unpaired) electrons. The summed E-state index contributed by atoms with van der Waals surface area (Å²) in [5, 5.41) is 16.3. The van der Waals surface area contributed by atoms with E-state index in [-0.39, 0.29) is 36.9 Å². The number of sulfonamides is 1. The summed E-state index contributed by atoms with van der Waals surface area (Å²) in [4.78, 5) is 28.3. The van der Waals surface area contributed by atoms with E-state index in [9.17, 15) is 23.1 Å². The van der Waals surface area contributed by atoms with Gasteiger partial charge in [0.2, 0.25) is 10.0 Å². The maximum absolute atomic E-state index is 13.8. The van der Waals surface area contributed by atoms with Crippen LogP contribution in [0.25, 0.3) is 0 Å². The summed E-state index contributed by atoms with van der Waals surface area (Å²) in [6.07, 6.45) is -1.94. The number of cyclic esters (lactones) is 1. The second-order valence-electron chi connectivity index (χ2n) is 10.7. The Labute approximate surface area is 257 Å². The zero-order valence-electron chi connectivity index (χ0n) is 24.6. The number of nitrogens with zero attached hydrogens (tertiary/aromatic N) is 2. The van der Waals surface area contributed by atoms with Crippen LogP contribution in [-0.4, -0.2) is 79.7 Å². The lowest BCUT2D eigenvalue weighted by Crippen LogP contribution is -2.53. The number of aliphatic hydroxyl groups excluding tert-OH is 1. The van der Waals surface area contributed by atoms with Gasteiger partial charge in [-0.05, 0) is 41.5 Å². The molecule has 3 unspecified atom stereocenters. The molecular formula is C31H39N3O7S2. The second kappa shape index (κ2) is 14.8. The van der Waals surface area contributed by atoms with Crippen LogP contribution in [0.1, 0.15) is 30.7 Å². The summed E-state index contributed by atoms with van der Waals surface area (Å²) in [6.45, 7) is 4.25. The molecule has 1 saturated heterocycles. The van der Waals surface area contributed by atoms with Crippen molar-refractivity contribution in [2.75, 3.05) is 26.7 Å². The smallest absolute Gasteiger partial charge is 0.411 e. The minimum Gasteiger partial charge on any atom is -0.497 e. The van der Waals surface area contributed by atoms with E-state index in [4.69, 9.17) is 9.47 Å². The number of carbonyl (C=O) groups excluding carboxylic acids is 2. The van der Waals surface area contributed by atoms with Crippen LogP contribution in [-0.2, 0) is 32.5 Å². The molecule has 1 aliphatic rings. The van der Waals surface area contributed by atoms with Crippen molar-refractivity contribution in [1.29, 1.82) is 0 Å². The molecule has 0 aliphatic carbocycles. The Morgan fingerprint density at radius 1 is 1.16 bits per heavy atom. The van der Waals surface area contributed by atoms with Crippen LogP contribution < -0.4 is 10.1 Å². The zero-order chi connectivity index (χ0) is 31.0. The molecule has 0 spiro atoms. The molecule has 3 aromatic rings. The van der Waals surface area contributed by atoms with Crippen LogP contribution in [0.4, 0.5) is 4.79 Å². The van der Waals surface area contributed by atoms with Crippen LogP contribution in [0.3, 0.4) is 0 Å². The predicted molar refractivity (Wildman–Crippen MR) is 164 cm³/mol. The molecule has 1 aromatic heterocycles. The molecule has 0 bridgehead atoms. The van der Waals surface area contributed by atoms with Gasteiger partial charge in [0.1, 0.15) is 5.75 Å². The van der Waals surface area contributed by atoms with Crippen molar-refractivity contribution in [3.63, 3.8) is 0 Å². The molecule has 0 saturated carbocycles. The molecule has 10 nitrogen and oxygen atoms in total. The Balaban J connectivity index is 1.54. The van der Waals surface area contributed by atoms with Gasteiger partial charge in [0.25, 0.3) is 5.91 Å². The number of aliphatic hydroxyl groups is 1. The lowest BCUT2D eigenvalue weighted by atomic mass is 10.0. The maximum atomic E-state index is 13.8. The zero-order valence-corrected chi connectivity index (χ0v) is 26.2. The molecule has 2 heterocycles. The maximum Gasteiger partial charge on any atom is 0.411 e. The molecular weight excluding hydrogens is 590 g/mol. The van der Waals surface area contributed by atoms with Gasteiger partial charge in [0, 0.05) is 24.0 Å². The van der Waals surface area contributed by atoms with Crippen molar-refractivity contribution in [2.24, 2.45) is 5.92 Å². The molecule has 4 atom stereocenters. The average Bonchev–Trinajstić information content (AvgIpc) is 3.66. The Morgan fingerprint density at radius 3 is 2.60 bits per heavy atom. The van der Waals surface area contributed by atoms with Gasteiger partial charge in [-0.1, -0.05) is 62.7 Å². The minimum atomic E-state index is -4.02. The molecule has 1 aliphatic heterocycles. The molecule has 232 valence electrons. The summed E-state index contributed by atoms with van der Waals surface area (Å²) in [6, 6.07) is 18.4. The van der Waals surface area contributed by atoms with Crippen LogP contribution in [0.2, 0.25) is 0 Å². The number of rotatable bonds is 15. The molecule has 4 rings (SSSR count). The van der Waals surface area contributed by atoms with Crippen LogP contribution >= 0.6 is 11.3 Å². The largest absolute Gasteiger partial charge is 0.497 e. The van der Waals surface area contributed by atoms with Crippen LogP contribution in [0.5, 0.6) is 5.75 Å². The quantitative estimate of drug-likeness (QED) is 0.261. The fourth-order valence-corrected chi connectivity index (χ4v) is 7.12. The van der Waals surface area contributed by atoms with Gasteiger partial charge in [0.15, 0.2) is 6.10 Å². The molecule has 43 heavy (non-hydrogen) atoms. The number of hydrogen-bond donors (Lipinski definition) is 2. The van der Waals surface area contributed by atoms with Crippen molar-refractivity contribution in [1.82, 2.24) is 14.5 Å². The number of hydrogen-bond acceptors (Lipinski definition) is 8. The van der Waals surface area contributed by atoms with E-state index in [0.717, 1.165) is 16.9 Å². The molecule has 12 heteroatoms. The fourth-order valence-electron chi connectivity index (χ4n) is 4.79. The first kappa shape index (κ1) is 32.5. The van der Waals surface area contributed by atoms with Crippen LogP contribution in [0, 0.1) is 5.92 Å². The number of carbonyl (C=O) groups is 2. The van der Waals surface area contributed by atoms with Gasteiger partial charge in [-0.3, -0.25) is 9.69 Å². The van der Waals surface area contributed by atoms with E-state index in [2.05, 4.69) is 5.32 Å². The third-order valence-electron chi connectivity index (χ3n) is 7.48. The number of methoxy groups -OCH3 is 1. The highest BCUT2D eigenvalue weighted by Crippen LogP contribution is 2.24. The first-order valence-corrected chi connectivity index (χ1v) is 16.6. The van der Waals surface area contributed by atoms with E-state index < -0.39 is 40.3 Å². The Morgan fingerprint density at radius 2 is 1.93 bits per heavy atom. The Bertz CT molecular complexity index is 1450. The molecule has 2 aromatic carbocycles. The predicted octanol–water partition coefficient (Wildman–Crippen LogP) is 3.90. The van der Waals surface area contributed by atoms with E-state index in [0.29, 0.717) is 12.3 Å². The van der Waals surface area contributed by atoms with Crippen molar-refractivity contribution < 1.29 is 32.6 Å². The van der Waals surface area contributed by atoms with Crippen molar-refractivity contribution in [2.45, 2.75) is 56.4 Å². The van der Waals surface area contributed by atoms with Crippen molar-refractivity contribution in [3.05, 3.63) is 82.6 Å². The van der Waals surface area contributed by atoms with Crippen LogP contribution in [0.15, 0.2) is 77.0 Å². The minimum absolute atomic E-state index is 0.0157. The van der Waals surface area contributed by atoms with Gasteiger partial charge in [-0.15, -0.1) is 11.3 Å². The summed E-state index contributed by atoms with van der Waals surface area (Å²) >= 11 is 1.51. The van der Waals surface area contributed by atoms with Gasteiger partial charge < -0.3 is 19.9 Å².